The van der Waals surface area contributed by atoms with E-state index in [0.29, 0.717) is 22.4 Å². The Balaban J connectivity index is 2.15. The molecule has 0 aliphatic carbocycles. The lowest BCUT2D eigenvalue weighted by molar-refractivity contribution is -0.384. The van der Waals surface area contributed by atoms with Gasteiger partial charge in [0.15, 0.2) is 0 Å². The van der Waals surface area contributed by atoms with Gasteiger partial charge in [-0.3, -0.25) is 15.0 Å². The van der Waals surface area contributed by atoms with Gasteiger partial charge in [0.2, 0.25) is 0 Å². The van der Waals surface area contributed by atoms with E-state index in [4.69, 9.17) is 4.74 Å². The summed E-state index contributed by atoms with van der Waals surface area (Å²) >= 11 is 0.912. The topological polar surface area (TPSA) is 110 Å². The van der Waals surface area contributed by atoms with Gasteiger partial charge in [0.1, 0.15) is 16.6 Å². The molecule has 178 valence electrons. The van der Waals surface area contributed by atoms with Crippen molar-refractivity contribution in [3.05, 3.63) is 80.9 Å². The van der Waals surface area contributed by atoms with Crippen molar-refractivity contribution in [1.29, 1.82) is 0 Å². The highest BCUT2D eigenvalue weighted by atomic mass is 32.1. The maximum Gasteiger partial charge on any atom is 0.415 e. The van der Waals surface area contributed by atoms with Crippen LogP contribution in [0.2, 0.25) is 0 Å². The minimum atomic E-state index is -1.35. The number of amides is 1. The van der Waals surface area contributed by atoms with Gasteiger partial charge in [-0.2, -0.15) is 0 Å². The third-order valence-corrected chi connectivity index (χ3v) is 6.32. The van der Waals surface area contributed by atoms with E-state index < -0.39 is 40.7 Å². The number of hydrogen-bond donors (Lipinski definition) is 1. The van der Waals surface area contributed by atoms with E-state index in [1.165, 1.54) is 37.3 Å². The molecule has 2 aromatic carbocycles. The number of ether oxygens (including phenoxy) is 1. The lowest BCUT2D eigenvalue weighted by Crippen LogP contribution is -2.32. The van der Waals surface area contributed by atoms with Crippen LogP contribution in [0.4, 0.5) is 24.3 Å². The van der Waals surface area contributed by atoms with Crippen LogP contribution in [0.3, 0.4) is 0 Å². The predicted octanol–water partition coefficient (Wildman–Crippen LogP) is 6.16. The molecular formula is C23H20F2N2O6S. The van der Waals surface area contributed by atoms with Crippen LogP contribution in [-0.2, 0) is 11.3 Å². The van der Waals surface area contributed by atoms with Crippen LogP contribution in [0.25, 0.3) is 10.4 Å². The number of nitro groups is 1. The average molecular weight is 490 g/mol. The highest BCUT2D eigenvalue weighted by Gasteiger charge is 2.31. The molecule has 0 fully saturated rings. The Morgan fingerprint density at radius 1 is 1.15 bits per heavy atom. The fourth-order valence-corrected chi connectivity index (χ4v) is 4.57. The first-order valence-corrected chi connectivity index (χ1v) is 11.0. The summed E-state index contributed by atoms with van der Waals surface area (Å²) in [5.74, 6) is -3.14. The van der Waals surface area contributed by atoms with E-state index in [1.807, 2.05) is 0 Å². The Morgan fingerprint density at radius 2 is 1.76 bits per heavy atom. The number of thiophene rings is 1. The van der Waals surface area contributed by atoms with Crippen molar-refractivity contribution in [3.63, 3.8) is 0 Å². The van der Waals surface area contributed by atoms with Crippen molar-refractivity contribution in [2.24, 2.45) is 0 Å². The van der Waals surface area contributed by atoms with Gasteiger partial charge in [0.05, 0.1) is 23.6 Å². The predicted molar refractivity (Wildman–Crippen MR) is 122 cm³/mol. The van der Waals surface area contributed by atoms with Gasteiger partial charge in [-0.25, -0.2) is 18.4 Å². The summed E-state index contributed by atoms with van der Waals surface area (Å²) in [5, 5.41) is 20.8. The van der Waals surface area contributed by atoms with Gasteiger partial charge in [0, 0.05) is 22.6 Å². The number of nitro benzene ring substituents is 1. The van der Waals surface area contributed by atoms with Gasteiger partial charge >= 0.3 is 12.1 Å². The summed E-state index contributed by atoms with van der Waals surface area (Å²) < 4.78 is 33.9. The number of hydrogen-bond acceptors (Lipinski definition) is 6. The van der Waals surface area contributed by atoms with Crippen LogP contribution in [0.15, 0.2) is 42.5 Å². The molecule has 0 atom stereocenters. The number of nitrogens with zero attached hydrogens (tertiary/aromatic N) is 2. The van der Waals surface area contributed by atoms with Crippen molar-refractivity contribution in [1.82, 2.24) is 0 Å². The van der Waals surface area contributed by atoms with E-state index in [0.717, 1.165) is 28.4 Å². The smallest absolute Gasteiger partial charge is 0.415 e. The number of non-ortho nitro benzene ring substituents is 1. The molecule has 3 aromatic rings. The van der Waals surface area contributed by atoms with E-state index >= 15 is 0 Å². The highest BCUT2D eigenvalue weighted by Crippen LogP contribution is 2.43. The van der Waals surface area contributed by atoms with Crippen LogP contribution < -0.4 is 4.90 Å². The normalized spacial score (nSPS) is 10.7. The maximum atomic E-state index is 14.4. The molecule has 8 nitrogen and oxygen atoms in total. The molecule has 0 saturated heterocycles. The lowest BCUT2D eigenvalue weighted by Gasteiger charge is -2.22. The summed E-state index contributed by atoms with van der Waals surface area (Å²) in [6.45, 7) is 2.72. The molecule has 0 aliphatic heterocycles. The number of carbonyl (C=O) groups excluding carboxylic acids is 1. The number of carboxylic acids is 1. The molecule has 0 aliphatic rings. The Bertz CT molecular complexity index is 1220. The second kappa shape index (κ2) is 10.4. The zero-order chi connectivity index (χ0) is 25.0. The number of carbonyl (C=O) groups is 2. The molecule has 0 bridgehead atoms. The lowest BCUT2D eigenvalue weighted by atomic mass is 10.1. The first kappa shape index (κ1) is 24.8. The molecule has 3 rings (SSSR count). The highest BCUT2D eigenvalue weighted by molar-refractivity contribution is 7.20. The van der Waals surface area contributed by atoms with E-state index in [1.54, 1.807) is 6.92 Å². The third-order valence-electron chi connectivity index (χ3n) is 4.96. The molecule has 11 heteroatoms. The average Bonchev–Trinajstić information content (AvgIpc) is 3.14. The Labute approximate surface area is 197 Å². The second-order valence-corrected chi connectivity index (χ2v) is 8.25. The second-order valence-electron chi connectivity index (χ2n) is 7.25. The Kier molecular flexibility index (Phi) is 7.57. The SMILES string of the molecule is CCCOC(=O)N(Cc1c(F)cccc1F)c1sc(-c2ccc([N+](=O)[O-])cc2)c(C)c1C(=O)O. The molecule has 0 radical (unpaired) electrons. The van der Waals surface area contributed by atoms with Crippen molar-refractivity contribution < 1.29 is 33.1 Å². The van der Waals surface area contributed by atoms with Crippen molar-refractivity contribution in [3.8, 4) is 10.4 Å². The quantitative estimate of drug-likeness (QED) is 0.299. The minimum Gasteiger partial charge on any atom is -0.478 e. The first-order chi connectivity index (χ1) is 16.1. The fourth-order valence-electron chi connectivity index (χ4n) is 3.28. The van der Waals surface area contributed by atoms with Gasteiger partial charge in [-0.05, 0) is 48.7 Å². The number of halogens is 2. The summed E-state index contributed by atoms with van der Waals surface area (Å²) in [6, 6.07) is 8.72. The summed E-state index contributed by atoms with van der Waals surface area (Å²) in [4.78, 5) is 36.7. The summed E-state index contributed by atoms with van der Waals surface area (Å²) in [7, 11) is 0. The van der Waals surface area contributed by atoms with Crippen molar-refractivity contribution in [2.45, 2.75) is 26.8 Å². The molecule has 0 unspecified atom stereocenters. The number of benzene rings is 2. The Hall–Kier alpha value is -3.86. The van der Waals surface area contributed by atoms with Crippen LogP contribution in [-0.4, -0.2) is 28.7 Å². The molecule has 1 amide bonds. The van der Waals surface area contributed by atoms with E-state index in [2.05, 4.69) is 0 Å². The van der Waals surface area contributed by atoms with Crippen LogP contribution >= 0.6 is 11.3 Å². The maximum absolute atomic E-state index is 14.4. The fraction of sp³-hybridized carbons (Fsp3) is 0.217. The molecule has 0 spiro atoms. The standard InChI is InChI=1S/C23H20F2N2O6S/c1-3-11-33-23(30)26(12-16-17(24)5-4-6-18(16)25)21-19(22(28)29)13(2)20(34-21)14-7-9-15(10-8-14)27(31)32/h4-10H,3,11-12H2,1-2H3,(H,28,29). The number of anilines is 1. The molecule has 34 heavy (non-hydrogen) atoms. The molecule has 1 heterocycles. The molecule has 1 N–H and O–H groups in total. The van der Waals surface area contributed by atoms with Gasteiger partial charge in [-0.15, -0.1) is 11.3 Å². The van der Waals surface area contributed by atoms with Gasteiger partial charge in [0.25, 0.3) is 5.69 Å². The van der Waals surface area contributed by atoms with E-state index in [9.17, 15) is 33.6 Å². The minimum absolute atomic E-state index is 0.0249. The van der Waals surface area contributed by atoms with Gasteiger partial charge in [-0.1, -0.05) is 13.0 Å². The van der Waals surface area contributed by atoms with Gasteiger partial charge < -0.3 is 9.84 Å². The zero-order valence-corrected chi connectivity index (χ0v) is 19.0. The molecule has 1 aromatic heterocycles. The summed E-state index contributed by atoms with van der Waals surface area (Å²) in [6.07, 6.45) is -0.472. The first-order valence-electron chi connectivity index (χ1n) is 10.1. The van der Waals surface area contributed by atoms with Crippen LogP contribution in [0.1, 0.15) is 34.8 Å². The molecular weight excluding hydrogens is 470 g/mol. The number of carboxylic acid groups (broad SMARTS) is 1. The zero-order valence-electron chi connectivity index (χ0n) is 18.2. The largest absolute Gasteiger partial charge is 0.478 e. The summed E-state index contributed by atoms with van der Waals surface area (Å²) in [5.41, 5.74) is -0.0142. The number of rotatable bonds is 8. The van der Waals surface area contributed by atoms with Crippen molar-refractivity contribution in [2.75, 3.05) is 11.5 Å². The monoisotopic (exact) mass is 490 g/mol. The van der Waals surface area contributed by atoms with Crippen molar-refractivity contribution >= 4 is 34.1 Å². The molecule has 0 saturated carbocycles. The third kappa shape index (κ3) is 5.04. The van der Waals surface area contributed by atoms with Crippen LogP contribution in [0.5, 0.6) is 0 Å². The Morgan fingerprint density at radius 3 is 2.29 bits per heavy atom. The van der Waals surface area contributed by atoms with E-state index in [-0.39, 0.29) is 22.9 Å². The number of aromatic carboxylic acids is 1. The van der Waals surface area contributed by atoms with Crippen LogP contribution in [0, 0.1) is 28.7 Å².